The third kappa shape index (κ3) is 3.97. The first-order valence-electron chi connectivity index (χ1n) is 7.79. The number of likely N-dealkylation sites (tertiary alicyclic amines) is 1. The van der Waals surface area contributed by atoms with Crippen molar-refractivity contribution in [1.29, 1.82) is 0 Å². The molecule has 1 atom stereocenters. The molecule has 1 aliphatic carbocycles. The molecule has 0 aromatic heterocycles. The minimum atomic E-state index is 0. The van der Waals surface area contributed by atoms with Crippen LogP contribution in [0.25, 0.3) is 0 Å². The fourth-order valence-electron chi connectivity index (χ4n) is 3.21. The van der Waals surface area contributed by atoms with Gasteiger partial charge in [0.2, 0.25) is 0 Å². The van der Waals surface area contributed by atoms with Crippen LogP contribution < -0.4 is 5.73 Å². The number of halogens is 1. The van der Waals surface area contributed by atoms with E-state index in [2.05, 4.69) is 36.1 Å². The first-order chi connectivity index (χ1) is 9.22. The average Bonchev–Trinajstić information content (AvgIpc) is 3.25. The standard InChI is InChI=1S/C17H26N2.ClH/c1-13(18)15-8-10-19(11-9-15)12-14-2-4-16(5-3-14)17-6-7-17;/h2-5,13,15,17H,6-12,18H2,1H3;1H. The maximum atomic E-state index is 6.00. The first-order valence-corrected chi connectivity index (χ1v) is 7.79. The maximum Gasteiger partial charge on any atom is 0.0233 e. The van der Waals surface area contributed by atoms with E-state index in [1.54, 1.807) is 5.56 Å². The van der Waals surface area contributed by atoms with Crippen molar-refractivity contribution in [3.8, 4) is 0 Å². The van der Waals surface area contributed by atoms with Gasteiger partial charge in [0, 0.05) is 12.6 Å². The predicted molar refractivity (Wildman–Crippen MR) is 87.3 cm³/mol. The van der Waals surface area contributed by atoms with Crippen LogP contribution in [0.1, 0.15) is 49.7 Å². The zero-order valence-electron chi connectivity index (χ0n) is 12.4. The fourth-order valence-corrected chi connectivity index (χ4v) is 3.21. The summed E-state index contributed by atoms with van der Waals surface area (Å²) in [6.07, 6.45) is 5.31. The van der Waals surface area contributed by atoms with Crippen molar-refractivity contribution < 1.29 is 0 Å². The van der Waals surface area contributed by atoms with Crippen LogP contribution >= 0.6 is 12.4 Å². The summed E-state index contributed by atoms with van der Waals surface area (Å²) < 4.78 is 0. The van der Waals surface area contributed by atoms with Crippen molar-refractivity contribution in [2.75, 3.05) is 13.1 Å². The Bertz CT molecular complexity index is 404. The molecule has 1 heterocycles. The van der Waals surface area contributed by atoms with Gasteiger partial charge in [0.15, 0.2) is 0 Å². The van der Waals surface area contributed by atoms with E-state index < -0.39 is 0 Å². The molecule has 1 saturated carbocycles. The van der Waals surface area contributed by atoms with Gasteiger partial charge in [-0.1, -0.05) is 24.3 Å². The van der Waals surface area contributed by atoms with Crippen LogP contribution in [0.3, 0.4) is 0 Å². The van der Waals surface area contributed by atoms with Gasteiger partial charge in [-0.05, 0) is 68.7 Å². The summed E-state index contributed by atoms with van der Waals surface area (Å²) in [7, 11) is 0. The summed E-state index contributed by atoms with van der Waals surface area (Å²) in [5, 5.41) is 0. The number of nitrogens with zero attached hydrogens (tertiary/aromatic N) is 1. The normalized spacial score (nSPS) is 22.3. The fraction of sp³-hybridized carbons (Fsp3) is 0.647. The predicted octanol–water partition coefficient (Wildman–Crippen LogP) is 3.55. The van der Waals surface area contributed by atoms with Crippen LogP contribution in [0.15, 0.2) is 24.3 Å². The summed E-state index contributed by atoms with van der Waals surface area (Å²) in [6, 6.07) is 9.68. The molecule has 3 rings (SSSR count). The minimum Gasteiger partial charge on any atom is -0.328 e. The molecule has 1 aromatic rings. The van der Waals surface area contributed by atoms with E-state index in [1.807, 2.05) is 0 Å². The summed E-state index contributed by atoms with van der Waals surface area (Å²) in [5.41, 5.74) is 9.00. The molecule has 112 valence electrons. The summed E-state index contributed by atoms with van der Waals surface area (Å²) in [6.45, 7) is 5.67. The van der Waals surface area contributed by atoms with Crippen molar-refractivity contribution in [1.82, 2.24) is 4.90 Å². The maximum absolute atomic E-state index is 6.00. The lowest BCUT2D eigenvalue weighted by Crippen LogP contribution is -2.39. The third-order valence-electron chi connectivity index (χ3n) is 4.81. The molecule has 1 saturated heterocycles. The number of piperidine rings is 1. The van der Waals surface area contributed by atoms with Crippen LogP contribution in [-0.2, 0) is 6.54 Å². The average molecular weight is 295 g/mol. The monoisotopic (exact) mass is 294 g/mol. The quantitative estimate of drug-likeness (QED) is 0.920. The molecule has 1 aliphatic heterocycles. The van der Waals surface area contributed by atoms with Gasteiger partial charge in [0.05, 0.1) is 0 Å². The summed E-state index contributed by atoms with van der Waals surface area (Å²) in [4.78, 5) is 2.57. The van der Waals surface area contributed by atoms with Gasteiger partial charge in [-0.3, -0.25) is 4.90 Å². The van der Waals surface area contributed by atoms with E-state index in [1.165, 1.54) is 44.3 Å². The van der Waals surface area contributed by atoms with Crippen molar-refractivity contribution in [2.24, 2.45) is 11.7 Å². The van der Waals surface area contributed by atoms with Gasteiger partial charge in [-0.2, -0.15) is 0 Å². The van der Waals surface area contributed by atoms with E-state index in [4.69, 9.17) is 5.73 Å². The molecule has 1 aromatic carbocycles. The summed E-state index contributed by atoms with van der Waals surface area (Å²) >= 11 is 0. The van der Waals surface area contributed by atoms with Gasteiger partial charge in [-0.25, -0.2) is 0 Å². The van der Waals surface area contributed by atoms with Gasteiger partial charge in [-0.15, -0.1) is 12.4 Å². The van der Waals surface area contributed by atoms with Crippen molar-refractivity contribution in [3.63, 3.8) is 0 Å². The molecule has 2 aliphatic rings. The molecule has 0 spiro atoms. The number of rotatable bonds is 4. The lowest BCUT2D eigenvalue weighted by Gasteiger charge is -2.33. The Balaban J connectivity index is 0.00000147. The van der Waals surface area contributed by atoms with Crippen molar-refractivity contribution >= 4 is 12.4 Å². The molecule has 0 amide bonds. The van der Waals surface area contributed by atoms with Gasteiger partial charge >= 0.3 is 0 Å². The first kappa shape index (κ1) is 15.8. The molecular formula is C17H27ClN2. The number of hydrogen-bond acceptors (Lipinski definition) is 2. The molecule has 0 radical (unpaired) electrons. The topological polar surface area (TPSA) is 29.3 Å². The van der Waals surface area contributed by atoms with Crippen molar-refractivity contribution in [3.05, 3.63) is 35.4 Å². The van der Waals surface area contributed by atoms with Crippen molar-refractivity contribution in [2.45, 2.75) is 51.1 Å². The van der Waals surface area contributed by atoms with Crippen LogP contribution in [0.4, 0.5) is 0 Å². The molecule has 0 bridgehead atoms. The molecular weight excluding hydrogens is 268 g/mol. The number of hydrogen-bond donors (Lipinski definition) is 1. The van der Waals surface area contributed by atoms with Crippen LogP contribution in [0.2, 0.25) is 0 Å². The van der Waals surface area contributed by atoms with E-state index in [9.17, 15) is 0 Å². The Morgan fingerprint density at radius 1 is 1.10 bits per heavy atom. The SMILES string of the molecule is CC(N)C1CCN(Cc2ccc(C3CC3)cc2)CC1.Cl. The molecule has 20 heavy (non-hydrogen) atoms. The van der Waals surface area contributed by atoms with E-state index in [-0.39, 0.29) is 12.4 Å². The van der Waals surface area contributed by atoms with Crippen LogP contribution in [0, 0.1) is 5.92 Å². The van der Waals surface area contributed by atoms with Crippen LogP contribution in [-0.4, -0.2) is 24.0 Å². The zero-order valence-corrected chi connectivity index (χ0v) is 13.2. The number of benzene rings is 1. The Morgan fingerprint density at radius 2 is 1.70 bits per heavy atom. The Kier molecular flexibility index (Phi) is 5.48. The third-order valence-corrected chi connectivity index (χ3v) is 4.81. The highest BCUT2D eigenvalue weighted by atomic mass is 35.5. The largest absolute Gasteiger partial charge is 0.328 e. The van der Waals surface area contributed by atoms with E-state index in [0.29, 0.717) is 6.04 Å². The highest BCUT2D eigenvalue weighted by Crippen LogP contribution is 2.39. The second kappa shape index (κ2) is 6.93. The second-order valence-corrected chi connectivity index (χ2v) is 6.49. The minimum absolute atomic E-state index is 0. The Morgan fingerprint density at radius 3 is 2.20 bits per heavy atom. The lowest BCUT2D eigenvalue weighted by atomic mass is 9.91. The highest BCUT2D eigenvalue weighted by molar-refractivity contribution is 5.85. The molecule has 2 fully saturated rings. The highest BCUT2D eigenvalue weighted by Gasteiger charge is 2.24. The Labute approximate surface area is 129 Å². The van der Waals surface area contributed by atoms with Gasteiger partial charge < -0.3 is 5.73 Å². The zero-order chi connectivity index (χ0) is 13.2. The Hall–Kier alpha value is -0.570. The molecule has 3 heteroatoms. The van der Waals surface area contributed by atoms with Crippen LogP contribution in [0.5, 0.6) is 0 Å². The van der Waals surface area contributed by atoms with E-state index >= 15 is 0 Å². The second-order valence-electron chi connectivity index (χ2n) is 6.49. The number of nitrogens with two attached hydrogens (primary N) is 1. The summed E-state index contributed by atoms with van der Waals surface area (Å²) in [5.74, 6) is 1.60. The molecule has 2 nitrogen and oxygen atoms in total. The van der Waals surface area contributed by atoms with E-state index in [0.717, 1.165) is 18.4 Å². The smallest absolute Gasteiger partial charge is 0.0233 e. The lowest BCUT2D eigenvalue weighted by molar-refractivity contribution is 0.166. The molecule has 1 unspecified atom stereocenters. The van der Waals surface area contributed by atoms with Gasteiger partial charge in [0.25, 0.3) is 0 Å². The van der Waals surface area contributed by atoms with Gasteiger partial charge in [0.1, 0.15) is 0 Å². The molecule has 2 N–H and O–H groups in total.